The van der Waals surface area contributed by atoms with Crippen molar-refractivity contribution in [2.75, 3.05) is 19.6 Å². The Bertz CT molecular complexity index is 1420. The minimum Gasteiger partial charge on any atom is -0.351 e. The lowest BCUT2D eigenvalue weighted by Gasteiger charge is -2.31. The first-order valence-electron chi connectivity index (χ1n) is 13.8. The van der Waals surface area contributed by atoms with Crippen molar-refractivity contribution in [2.45, 2.75) is 49.6 Å². The Morgan fingerprint density at radius 2 is 1.56 bits per heavy atom. The van der Waals surface area contributed by atoms with Crippen LogP contribution in [-0.2, 0) is 39.0 Å². The summed E-state index contributed by atoms with van der Waals surface area (Å²) in [6.07, 6.45) is 4.28. The maximum atomic E-state index is 13.8. The molecule has 3 aromatic carbocycles. The fourth-order valence-electron chi connectivity index (χ4n) is 4.93. The van der Waals surface area contributed by atoms with Crippen molar-refractivity contribution in [3.63, 3.8) is 0 Å². The van der Waals surface area contributed by atoms with Crippen LogP contribution in [0.1, 0.15) is 36.0 Å². The number of halogens is 1. The zero-order chi connectivity index (χ0) is 29.2. The van der Waals surface area contributed by atoms with Gasteiger partial charge in [0.1, 0.15) is 6.04 Å². The van der Waals surface area contributed by atoms with E-state index < -0.39 is 16.1 Å². The van der Waals surface area contributed by atoms with Gasteiger partial charge in [-0.2, -0.15) is 4.31 Å². The van der Waals surface area contributed by atoms with Crippen LogP contribution < -0.4 is 5.32 Å². The van der Waals surface area contributed by atoms with E-state index in [4.69, 9.17) is 11.6 Å². The molecule has 41 heavy (non-hydrogen) atoms. The van der Waals surface area contributed by atoms with Crippen molar-refractivity contribution in [3.8, 4) is 0 Å². The molecule has 9 heteroatoms. The van der Waals surface area contributed by atoms with Gasteiger partial charge in [-0.25, -0.2) is 8.42 Å². The minimum absolute atomic E-state index is 0.159. The first kappa shape index (κ1) is 30.5. The van der Waals surface area contributed by atoms with Crippen LogP contribution in [0.3, 0.4) is 0 Å². The molecular weight excluding hydrogens is 558 g/mol. The Labute approximate surface area is 247 Å². The van der Waals surface area contributed by atoms with Crippen LogP contribution >= 0.6 is 11.6 Å². The minimum atomic E-state index is -3.50. The van der Waals surface area contributed by atoms with Crippen LogP contribution in [0.2, 0.25) is 5.02 Å². The predicted octanol–water partition coefficient (Wildman–Crippen LogP) is 5.00. The standard InChI is InChI=1S/C32H36ClN3O4S/c1-2-20-34-32(38)30(23-26-8-4-3-5-9-26)36(24-27-10-15-28(33)16-11-27)31(37)19-14-25-12-17-29(18-13-25)41(39,40)35-21-6-7-22-35/h2-5,8-13,15-18,30H,1,6-7,14,19-24H2,(H,34,38)/t30-/m1/s1. The van der Waals surface area contributed by atoms with Crippen LogP contribution in [0.15, 0.2) is 96.4 Å². The van der Waals surface area contributed by atoms with Gasteiger partial charge in [-0.3, -0.25) is 9.59 Å². The lowest BCUT2D eigenvalue weighted by molar-refractivity contribution is -0.141. The zero-order valence-electron chi connectivity index (χ0n) is 23.0. The van der Waals surface area contributed by atoms with E-state index in [0.717, 1.165) is 29.5 Å². The smallest absolute Gasteiger partial charge is 0.243 e. The molecule has 1 fully saturated rings. The van der Waals surface area contributed by atoms with Crippen LogP contribution in [0, 0.1) is 0 Å². The van der Waals surface area contributed by atoms with E-state index in [1.54, 1.807) is 47.4 Å². The zero-order valence-corrected chi connectivity index (χ0v) is 24.6. The first-order valence-corrected chi connectivity index (χ1v) is 15.7. The highest BCUT2D eigenvalue weighted by atomic mass is 35.5. The van der Waals surface area contributed by atoms with E-state index >= 15 is 0 Å². The second-order valence-corrected chi connectivity index (χ2v) is 12.5. The molecule has 2 amide bonds. The molecular formula is C32H36ClN3O4S. The quantitative estimate of drug-likeness (QED) is 0.283. The highest BCUT2D eigenvalue weighted by Gasteiger charge is 2.30. The van der Waals surface area contributed by atoms with E-state index in [-0.39, 0.29) is 29.7 Å². The van der Waals surface area contributed by atoms with Gasteiger partial charge in [0.05, 0.1) is 4.90 Å². The maximum Gasteiger partial charge on any atom is 0.243 e. The molecule has 1 aliphatic heterocycles. The number of carbonyl (C=O) groups is 2. The maximum absolute atomic E-state index is 13.8. The lowest BCUT2D eigenvalue weighted by atomic mass is 10.0. The summed E-state index contributed by atoms with van der Waals surface area (Å²) in [7, 11) is -3.50. The van der Waals surface area contributed by atoms with Crippen molar-refractivity contribution in [3.05, 3.63) is 113 Å². The number of benzene rings is 3. The van der Waals surface area contributed by atoms with Crippen LogP contribution in [0.4, 0.5) is 0 Å². The highest BCUT2D eigenvalue weighted by molar-refractivity contribution is 7.89. The van der Waals surface area contributed by atoms with Gasteiger partial charge in [-0.15, -0.1) is 6.58 Å². The van der Waals surface area contributed by atoms with E-state index in [0.29, 0.717) is 37.5 Å². The van der Waals surface area contributed by atoms with Gasteiger partial charge in [0, 0.05) is 44.0 Å². The largest absolute Gasteiger partial charge is 0.351 e. The molecule has 1 N–H and O–H groups in total. The molecule has 216 valence electrons. The SMILES string of the molecule is C=CCNC(=O)[C@@H](Cc1ccccc1)N(Cc1ccc(Cl)cc1)C(=O)CCc1ccc(S(=O)(=O)N2CCCC2)cc1. The molecule has 0 unspecified atom stereocenters. The number of nitrogens with one attached hydrogen (secondary N) is 1. The van der Waals surface area contributed by atoms with Crippen molar-refractivity contribution in [1.29, 1.82) is 0 Å². The van der Waals surface area contributed by atoms with Crippen LogP contribution in [0.25, 0.3) is 0 Å². The summed E-state index contributed by atoms with van der Waals surface area (Å²) in [6, 6.07) is 22.8. The Balaban J connectivity index is 1.54. The number of nitrogens with zero attached hydrogens (tertiary/aromatic N) is 2. The van der Waals surface area contributed by atoms with Crippen molar-refractivity contribution >= 4 is 33.4 Å². The highest BCUT2D eigenvalue weighted by Crippen LogP contribution is 2.22. The fourth-order valence-corrected chi connectivity index (χ4v) is 6.57. The Hall–Kier alpha value is -3.46. The van der Waals surface area contributed by atoms with Gasteiger partial charge >= 0.3 is 0 Å². The lowest BCUT2D eigenvalue weighted by Crippen LogP contribution is -2.50. The monoisotopic (exact) mass is 593 g/mol. The third kappa shape index (κ3) is 8.28. The fraction of sp³-hybridized carbons (Fsp3) is 0.312. The van der Waals surface area contributed by atoms with Crippen LogP contribution in [-0.4, -0.2) is 55.1 Å². The van der Waals surface area contributed by atoms with Gasteiger partial charge in [-0.05, 0) is 60.2 Å². The molecule has 4 rings (SSSR count). The average Bonchev–Trinajstić information content (AvgIpc) is 3.54. The molecule has 1 atom stereocenters. The second kappa shape index (κ2) is 14.4. The van der Waals surface area contributed by atoms with E-state index in [1.165, 1.54) is 4.31 Å². The Morgan fingerprint density at radius 3 is 2.20 bits per heavy atom. The summed E-state index contributed by atoms with van der Waals surface area (Å²) in [4.78, 5) is 29.1. The molecule has 0 saturated carbocycles. The van der Waals surface area contributed by atoms with Gasteiger partial charge in [-0.1, -0.05) is 72.3 Å². The summed E-state index contributed by atoms with van der Waals surface area (Å²) in [5.41, 5.74) is 2.64. The van der Waals surface area contributed by atoms with Gasteiger partial charge in [0.25, 0.3) is 0 Å². The topological polar surface area (TPSA) is 86.8 Å². The number of hydrogen-bond acceptors (Lipinski definition) is 4. The third-order valence-electron chi connectivity index (χ3n) is 7.21. The number of carbonyl (C=O) groups excluding carboxylic acids is 2. The summed E-state index contributed by atoms with van der Waals surface area (Å²) < 4.78 is 27.3. The van der Waals surface area contributed by atoms with Gasteiger partial charge < -0.3 is 10.2 Å². The van der Waals surface area contributed by atoms with Crippen LogP contribution in [0.5, 0.6) is 0 Å². The second-order valence-electron chi connectivity index (χ2n) is 10.1. The molecule has 0 bridgehead atoms. The molecule has 0 aromatic heterocycles. The molecule has 0 aliphatic carbocycles. The van der Waals surface area contributed by atoms with Gasteiger partial charge in [0.15, 0.2) is 0 Å². The number of aryl methyl sites for hydroxylation is 1. The van der Waals surface area contributed by atoms with E-state index in [9.17, 15) is 18.0 Å². The average molecular weight is 594 g/mol. The summed E-state index contributed by atoms with van der Waals surface area (Å²) in [6.45, 7) is 5.32. The van der Waals surface area contributed by atoms with E-state index in [1.807, 2.05) is 42.5 Å². The van der Waals surface area contributed by atoms with Crippen molar-refractivity contribution < 1.29 is 18.0 Å². The summed E-state index contributed by atoms with van der Waals surface area (Å²) in [5, 5.41) is 3.46. The first-order chi connectivity index (χ1) is 19.8. The number of hydrogen-bond donors (Lipinski definition) is 1. The normalized spacial score (nSPS) is 14.4. The number of amides is 2. The van der Waals surface area contributed by atoms with E-state index in [2.05, 4.69) is 11.9 Å². The number of rotatable bonds is 13. The summed E-state index contributed by atoms with van der Waals surface area (Å²) >= 11 is 6.09. The molecule has 7 nitrogen and oxygen atoms in total. The van der Waals surface area contributed by atoms with Crippen molar-refractivity contribution in [1.82, 2.24) is 14.5 Å². The summed E-state index contributed by atoms with van der Waals surface area (Å²) in [5.74, 6) is -0.434. The Morgan fingerprint density at radius 1 is 0.927 bits per heavy atom. The molecule has 1 saturated heterocycles. The predicted molar refractivity (Wildman–Crippen MR) is 162 cm³/mol. The molecule has 1 heterocycles. The third-order valence-corrected chi connectivity index (χ3v) is 9.38. The number of sulfonamides is 1. The molecule has 0 radical (unpaired) electrons. The molecule has 0 spiro atoms. The van der Waals surface area contributed by atoms with Crippen molar-refractivity contribution in [2.24, 2.45) is 0 Å². The Kier molecular flexibility index (Phi) is 10.7. The molecule has 1 aliphatic rings. The van der Waals surface area contributed by atoms with Gasteiger partial charge in [0.2, 0.25) is 21.8 Å². The molecule has 3 aromatic rings.